The zero-order valence-electron chi connectivity index (χ0n) is 15.4. The van der Waals surface area contributed by atoms with Crippen LogP contribution in [0, 0.1) is 6.92 Å². The molecule has 24 heavy (non-hydrogen) atoms. The van der Waals surface area contributed by atoms with Crippen LogP contribution in [0.4, 0.5) is 5.82 Å². The Labute approximate surface area is 144 Å². The summed E-state index contributed by atoms with van der Waals surface area (Å²) in [6.45, 7) is 2.57. The number of carbonyl (C=O) groups excluding carboxylic acids is 1. The Hall–Kier alpha value is -2.34. The lowest BCUT2D eigenvalue weighted by Gasteiger charge is -2.23. The molecule has 130 valence electrons. The highest BCUT2D eigenvalue weighted by molar-refractivity contribution is 5.82. The number of benzene rings is 1. The van der Waals surface area contributed by atoms with Gasteiger partial charge in [0.15, 0.2) is 0 Å². The second-order valence-corrected chi connectivity index (χ2v) is 6.36. The normalized spacial score (nSPS) is 12.1. The number of nitrogens with one attached hydrogen (secondary N) is 1. The molecule has 0 aliphatic carbocycles. The van der Waals surface area contributed by atoms with Gasteiger partial charge in [-0.3, -0.25) is 14.8 Å². The van der Waals surface area contributed by atoms with E-state index < -0.39 is 0 Å². The number of amides is 1. The third kappa shape index (κ3) is 3.76. The lowest BCUT2D eigenvalue weighted by atomic mass is 10.1. The molecule has 0 saturated heterocycles. The second-order valence-electron chi connectivity index (χ2n) is 6.36. The van der Waals surface area contributed by atoms with Crippen LogP contribution < -0.4 is 10.2 Å². The Morgan fingerprint density at radius 1 is 1.21 bits per heavy atom. The van der Waals surface area contributed by atoms with Crippen LogP contribution in [-0.2, 0) is 18.4 Å². The SMILES string of the molecule is Cc1nn(C)c(N(C)C)c1CN[C@@H](C(=O)N(C)C)c1ccccc1. The first-order chi connectivity index (χ1) is 11.3. The highest BCUT2D eigenvalue weighted by atomic mass is 16.2. The van der Waals surface area contributed by atoms with Gasteiger partial charge in [0.25, 0.3) is 0 Å². The third-order valence-corrected chi connectivity index (χ3v) is 4.04. The second kappa shape index (κ2) is 7.49. The van der Waals surface area contributed by atoms with Crippen molar-refractivity contribution in [2.45, 2.75) is 19.5 Å². The first-order valence-corrected chi connectivity index (χ1v) is 8.02. The molecular formula is C18H27N5O. The molecular weight excluding hydrogens is 302 g/mol. The molecule has 0 radical (unpaired) electrons. The number of carbonyl (C=O) groups is 1. The predicted octanol–water partition coefficient (Wildman–Crippen LogP) is 1.71. The molecule has 6 nitrogen and oxygen atoms in total. The topological polar surface area (TPSA) is 53.4 Å². The van der Waals surface area contributed by atoms with Gasteiger partial charge in [0.1, 0.15) is 11.9 Å². The van der Waals surface area contributed by atoms with Crippen LogP contribution in [-0.4, -0.2) is 48.8 Å². The zero-order chi connectivity index (χ0) is 17.9. The molecule has 6 heteroatoms. The number of hydrogen-bond donors (Lipinski definition) is 1. The van der Waals surface area contributed by atoms with Crippen molar-refractivity contribution in [3.8, 4) is 0 Å². The van der Waals surface area contributed by atoms with Crippen LogP contribution >= 0.6 is 0 Å². The van der Waals surface area contributed by atoms with Gasteiger partial charge >= 0.3 is 0 Å². The van der Waals surface area contributed by atoms with E-state index in [0.717, 1.165) is 22.6 Å². The number of aromatic nitrogens is 2. The Balaban J connectivity index is 2.28. The molecule has 0 unspecified atom stereocenters. The number of likely N-dealkylation sites (N-methyl/N-ethyl adjacent to an activating group) is 1. The van der Waals surface area contributed by atoms with Crippen LogP contribution in [0.3, 0.4) is 0 Å². The first kappa shape index (κ1) is 18.0. The lowest BCUT2D eigenvalue weighted by molar-refractivity contribution is -0.131. The van der Waals surface area contributed by atoms with Crippen molar-refractivity contribution >= 4 is 11.7 Å². The molecule has 1 amide bonds. The van der Waals surface area contributed by atoms with Crippen molar-refractivity contribution < 1.29 is 4.79 Å². The first-order valence-electron chi connectivity index (χ1n) is 8.02. The van der Waals surface area contributed by atoms with E-state index in [-0.39, 0.29) is 11.9 Å². The van der Waals surface area contributed by atoms with Gasteiger partial charge in [-0.2, -0.15) is 5.10 Å². The maximum Gasteiger partial charge on any atom is 0.243 e. The van der Waals surface area contributed by atoms with Crippen LogP contribution in [0.25, 0.3) is 0 Å². The molecule has 0 saturated carbocycles. The highest BCUT2D eigenvalue weighted by Crippen LogP contribution is 2.23. The molecule has 0 aliphatic heterocycles. The van der Waals surface area contributed by atoms with E-state index in [0.29, 0.717) is 6.54 Å². The predicted molar refractivity (Wildman–Crippen MR) is 97.0 cm³/mol. The van der Waals surface area contributed by atoms with Crippen LogP contribution in [0.15, 0.2) is 30.3 Å². The van der Waals surface area contributed by atoms with E-state index in [9.17, 15) is 4.79 Å². The van der Waals surface area contributed by atoms with Gasteiger partial charge < -0.3 is 9.80 Å². The minimum Gasteiger partial charge on any atom is -0.363 e. The van der Waals surface area contributed by atoms with Crippen LogP contribution in [0.5, 0.6) is 0 Å². The van der Waals surface area contributed by atoms with Gasteiger partial charge in [0, 0.05) is 47.3 Å². The Morgan fingerprint density at radius 2 is 1.83 bits per heavy atom. The monoisotopic (exact) mass is 329 g/mol. The van der Waals surface area contributed by atoms with E-state index in [4.69, 9.17) is 0 Å². The van der Waals surface area contributed by atoms with Crippen molar-refractivity contribution in [1.82, 2.24) is 20.0 Å². The summed E-state index contributed by atoms with van der Waals surface area (Å²) in [5.74, 6) is 1.08. The fourth-order valence-corrected chi connectivity index (χ4v) is 2.91. The Morgan fingerprint density at radius 3 is 2.38 bits per heavy atom. The summed E-state index contributed by atoms with van der Waals surface area (Å²) in [4.78, 5) is 16.3. The van der Waals surface area contributed by atoms with E-state index in [1.54, 1.807) is 19.0 Å². The molecule has 1 atom stereocenters. The van der Waals surface area contributed by atoms with Crippen molar-refractivity contribution in [3.63, 3.8) is 0 Å². The molecule has 1 aromatic heterocycles. The summed E-state index contributed by atoms with van der Waals surface area (Å²) < 4.78 is 1.87. The van der Waals surface area contributed by atoms with E-state index in [1.807, 2.05) is 68.0 Å². The van der Waals surface area contributed by atoms with Gasteiger partial charge in [0.2, 0.25) is 5.91 Å². The maximum absolute atomic E-state index is 12.6. The maximum atomic E-state index is 12.6. The van der Waals surface area contributed by atoms with Gasteiger partial charge in [0.05, 0.1) is 5.69 Å². The summed E-state index contributed by atoms with van der Waals surface area (Å²) in [6.07, 6.45) is 0. The van der Waals surface area contributed by atoms with Gasteiger partial charge in [-0.15, -0.1) is 0 Å². The fraction of sp³-hybridized carbons (Fsp3) is 0.444. The van der Waals surface area contributed by atoms with Crippen molar-refractivity contribution in [1.29, 1.82) is 0 Å². The van der Waals surface area contributed by atoms with Crippen LogP contribution in [0.1, 0.15) is 22.9 Å². The van der Waals surface area contributed by atoms with E-state index in [2.05, 4.69) is 10.4 Å². The fourth-order valence-electron chi connectivity index (χ4n) is 2.91. The number of aryl methyl sites for hydroxylation is 2. The molecule has 0 aliphatic rings. The summed E-state index contributed by atoms with van der Waals surface area (Å²) in [5, 5.41) is 7.91. The highest BCUT2D eigenvalue weighted by Gasteiger charge is 2.23. The largest absolute Gasteiger partial charge is 0.363 e. The van der Waals surface area contributed by atoms with Crippen molar-refractivity contribution in [3.05, 3.63) is 47.2 Å². The minimum absolute atomic E-state index is 0.0362. The van der Waals surface area contributed by atoms with Crippen molar-refractivity contribution in [2.24, 2.45) is 7.05 Å². The van der Waals surface area contributed by atoms with Crippen molar-refractivity contribution in [2.75, 3.05) is 33.1 Å². The number of rotatable bonds is 6. The van der Waals surface area contributed by atoms with Gasteiger partial charge in [-0.25, -0.2) is 0 Å². The summed E-state index contributed by atoms with van der Waals surface area (Å²) in [5.41, 5.74) is 3.04. The van der Waals surface area contributed by atoms with E-state index >= 15 is 0 Å². The quantitative estimate of drug-likeness (QED) is 0.877. The van der Waals surface area contributed by atoms with Crippen LogP contribution in [0.2, 0.25) is 0 Å². The average Bonchev–Trinajstić information content (AvgIpc) is 2.82. The molecule has 0 spiro atoms. The lowest BCUT2D eigenvalue weighted by Crippen LogP contribution is -2.36. The average molecular weight is 329 g/mol. The number of anilines is 1. The molecule has 1 aromatic carbocycles. The smallest absolute Gasteiger partial charge is 0.243 e. The number of hydrogen-bond acceptors (Lipinski definition) is 4. The summed E-state index contributed by atoms with van der Waals surface area (Å²) >= 11 is 0. The molecule has 0 fully saturated rings. The number of nitrogens with zero attached hydrogens (tertiary/aromatic N) is 4. The standard InChI is InChI=1S/C18H27N5O/c1-13-15(17(21(2)3)23(6)20-13)12-19-16(18(24)22(4)5)14-10-8-7-9-11-14/h7-11,16,19H,12H2,1-6H3/t16-/m1/s1. The summed E-state index contributed by atoms with van der Waals surface area (Å²) in [7, 11) is 9.49. The minimum atomic E-state index is -0.379. The van der Waals surface area contributed by atoms with E-state index in [1.165, 1.54) is 0 Å². The third-order valence-electron chi connectivity index (χ3n) is 4.04. The molecule has 2 rings (SSSR count). The molecule has 0 bridgehead atoms. The van der Waals surface area contributed by atoms with Gasteiger partial charge in [-0.1, -0.05) is 30.3 Å². The Kier molecular flexibility index (Phi) is 5.62. The molecule has 1 N–H and O–H groups in total. The molecule has 1 heterocycles. The summed E-state index contributed by atoms with van der Waals surface area (Å²) in [6, 6.07) is 9.43. The zero-order valence-corrected chi connectivity index (χ0v) is 15.4. The molecule has 2 aromatic rings. The Bertz CT molecular complexity index is 691. The van der Waals surface area contributed by atoms with Gasteiger partial charge in [-0.05, 0) is 12.5 Å².